The van der Waals surface area contributed by atoms with Crippen LogP contribution in [0.3, 0.4) is 0 Å². The molecule has 5 atom stereocenters. The van der Waals surface area contributed by atoms with Crippen molar-refractivity contribution in [3.63, 3.8) is 0 Å². The Morgan fingerprint density at radius 3 is 2.76 bits per heavy atom. The van der Waals surface area contributed by atoms with E-state index in [1.54, 1.807) is 0 Å². The van der Waals surface area contributed by atoms with Crippen LogP contribution in [-0.4, -0.2) is 31.4 Å². The lowest BCUT2D eigenvalue weighted by molar-refractivity contribution is -0.130. The summed E-state index contributed by atoms with van der Waals surface area (Å²) in [5.74, 6) is -0.0162. The van der Waals surface area contributed by atoms with E-state index >= 15 is 0 Å². The summed E-state index contributed by atoms with van der Waals surface area (Å²) in [6.45, 7) is -0.917. The molecule has 0 bridgehead atoms. The van der Waals surface area contributed by atoms with Gasteiger partial charge in [-0.1, -0.05) is 40.2 Å². The van der Waals surface area contributed by atoms with Gasteiger partial charge >= 0.3 is 6.18 Å². The Bertz CT molecular complexity index is 811. The average Bonchev–Trinajstić information content (AvgIpc) is 2.67. The van der Waals surface area contributed by atoms with Gasteiger partial charge in [-0.25, -0.2) is 4.39 Å². The molecule has 0 saturated carbocycles. The summed E-state index contributed by atoms with van der Waals surface area (Å²) in [5, 5.41) is 5.86. The van der Waals surface area contributed by atoms with Crippen molar-refractivity contribution in [3.05, 3.63) is 52.3 Å². The number of nitrogens with one attached hydrogen (secondary N) is 2. The fourth-order valence-electron chi connectivity index (χ4n) is 4.64. The molecule has 3 nitrogen and oxygen atoms in total. The fraction of sp³-hybridized carbons (Fsp3) is 0.524. The second-order valence-corrected chi connectivity index (χ2v) is 8.82. The zero-order valence-electron chi connectivity index (χ0n) is 15.7. The Labute approximate surface area is 175 Å². The van der Waals surface area contributed by atoms with E-state index in [-0.39, 0.29) is 42.4 Å². The predicted molar refractivity (Wildman–Crippen MR) is 107 cm³/mol. The fourth-order valence-corrected chi connectivity index (χ4v) is 5.08. The van der Waals surface area contributed by atoms with Gasteiger partial charge < -0.3 is 15.4 Å². The van der Waals surface area contributed by atoms with Crippen LogP contribution in [0.15, 0.2) is 40.9 Å². The second kappa shape index (κ2) is 8.40. The van der Waals surface area contributed by atoms with Crippen LogP contribution >= 0.6 is 15.9 Å². The predicted octanol–water partition coefficient (Wildman–Crippen LogP) is 5.50. The van der Waals surface area contributed by atoms with Crippen molar-refractivity contribution in [2.24, 2.45) is 11.8 Å². The van der Waals surface area contributed by atoms with Crippen LogP contribution < -0.4 is 10.6 Å². The zero-order valence-corrected chi connectivity index (χ0v) is 17.3. The normalized spacial score (nSPS) is 31.1. The summed E-state index contributed by atoms with van der Waals surface area (Å²) in [5.41, 5.74) is 1.17. The number of fused-ring (bicyclic) bond motifs is 3. The van der Waals surface area contributed by atoms with Gasteiger partial charge in [0.2, 0.25) is 0 Å². The molecule has 1 saturated heterocycles. The van der Waals surface area contributed by atoms with Gasteiger partial charge in [-0.2, -0.15) is 13.2 Å². The maximum atomic E-state index is 14.7. The van der Waals surface area contributed by atoms with E-state index in [4.69, 9.17) is 4.74 Å². The molecular formula is C21H23BrF4N2O. The SMILES string of the molecule is Fc1cc(Br)cc2c1N[C@@H](C1C=CC=CC1)[C@@H]1CC[C@H](CNCC(F)(F)F)O[C@H]21. The lowest BCUT2D eigenvalue weighted by Crippen LogP contribution is -2.48. The van der Waals surface area contributed by atoms with Gasteiger partial charge in [-0.15, -0.1) is 0 Å². The molecule has 2 aliphatic heterocycles. The van der Waals surface area contributed by atoms with Crippen LogP contribution in [0.4, 0.5) is 23.2 Å². The van der Waals surface area contributed by atoms with Crippen LogP contribution in [0.2, 0.25) is 0 Å². The minimum atomic E-state index is -4.25. The number of hydrogen-bond acceptors (Lipinski definition) is 3. The lowest BCUT2D eigenvalue weighted by Gasteiger charge is -2.47. The van der Waals surface area contributed by atoms with Gasteiger partial charge in [0.15, 0.2) is 0 Å². The smallest absolute Gasteiger partial charge is 0.379 e. The third-order valence-corrected chi connectivity index (χ3v) is 6.34. The molecular weight excluding hydrogens is 452 g/mol. The molecule has 158 valence electrons. The Balaban J connectivity index is 1.57. The van der Waals surface area contributed by atoms with Gasteiger partial charge in [-0.3, -0.25) is 0 Å². The molecule has 4 rings (SSSR count). The number of halogens is 5. The van der Waals surface area contributed by atoms with Crippen molar-refractivity contribution in [2.45, 2.75) is 43.7 Å². The molecule has 2 N–H and O–H groups in total. The third kappa shape index (κ3) is 4.70. The van der Waals surface area contributed by atoms with Crippen LogP contribution in [0.1, 0.15) is 30.9 Å². The third-order valence-electron chi connectivity index (χ3n) is 5.89. The van der Waals surface area contributed by atoms with Crippen LogP contribution in [0.5, 0.6) is 0 Å². The quantitative estimate of drug-likeness (QED) is 0.565. The summed E-state index contributed by atoms with van der Waals surface area (Å²) >= 11 is 3.35. The first-order chi connectivity index (χ1) is 13.8. The van der Waals surface area contributed by atoms with E-state index in [1.165, 1.54) is 6.07 Å². The number of allylic oxidation sites excluding steroid dienone is 3. The van der Waals surface area contributed by atoms with Crippen molar-refractivity contribution in [2.75, 3.05) is 18.4 Å². The molecule has 0 amide bonds. The second-order valence-electron chi connectivity index (χ2n) is 7.90. The van der Waals surface area contributed by atoms with Gasteiger partial charge in [0.1, 0.15) is 5.82 Å². The molecule has 1 fully saturated rings. The molecule has 1 unspecified atom stereocenters. The maximum Gasteiger partial charge on any atom is 0.401 e. The van der Waals surface area contributed by atoms with E-state index in [9.17, 15) is 17.6 Å². The highest BCUT2D eigenvalue weighted by molar-refractivity contribution is 9.10. The van der Waals surface area contributed by atoms with Gasteiger partial charge in [-0.05, 0) is 31.4 Å². The molecule has 2 heterocycles. The molecule has 0 spiro atoms. The first-order valence-corrected chi connectivity index (χ1v) is 10.6. The standard InChI is InChI=1S/C21H23BrF4N2O/c22-13-8-16-19(17(23)9-13)28-18(12-4-2-1-3-5-12)15-7-6-14(29-20(15)16)10-27-11-21(24,25)26/h1-4,8-9,12,14-15,18,20,27-28H,5-7,10-11H2/t12?,14-,15+,18+,20+/m1/s1. The van der Waals surface area contributed by atoms with Gasteiger partial charge in [0.05, 0.1) is 24.4 Å². The van der Waals surface area contributed by atoms with Crippen LogP contribution in [0, 0.1) is 17.7 Å². The van der Waals surface area contributed by atoms with E-state index in [0.717, 1.165) is 18.4 Å². The van der Waals surface area contributed by atoms with E-state index in [2.05, 4.69) is 38.7 Å². The summed E-state index contributed by atoms with van der Waals surface area (Å²) in [4.78, 5) is 0. The molecule has 3 aliphatic rings. The van der Waals surface area contributed by atoms with Crippen molar-refractivity contribution >= 4 is 21.6 Å². The topological polar surface area (TPSA) is 33.3 Å². The highest BCUT2D eigenvalue weighted by atomic mass is 79.9. The summed E-state index contributed by atoms with van der Waals surface area (Å²) in [6, 6.07) is 3.28. The minimum absolute atomic E-state index is 0.00783. The van der Waals surface area contributed by atoms with Crippen molar-refractivity contribution < 1.29 is 22.3 Å². The van der Waals surface area contributed by atoms with Crippen LogP contribution in [-0.2, 0) is 4.74 Å². The number of rotatable bonds is 4. The number of hydrogen-bond donors (Lipinski definition) is 2. The Morgan fingerprint density at radius 2 is 2.03 bits per heavy atom. The van der Waals surface area contributed by atoms with E-state index in [0.29, 0.717) is 16.6 Å². The monoisotopic (exact) mass is 474 g/mol. The molecule has 0 radical (unpaired) electrons. The Kier molecular flexibility index (Phi) is 6.04. The first kappa shape index (κ1) is 20.9. The zero-order chi connectivity index (χ0) is 20.6. The van der Waals surface area contributed by atoms with Gasteiger partial charge in [0.25, 0.3) is 0 Å². The van der Waals surface area contributed by atoms with Gasteiger partial charge in [0, 0.05) is 34.5 Å². The summed E-state index contributed by atoms with van der Waals surface area (Å²) in [6.07, 6.45) is 5.64. The highest BCUT2D eigenvalue weighted by Crippen LogP contribution is 2.49. The number of anilines is 1. The minimum Gasteiger partial charge on any atom is -0.379 e. The number of alkyl halides is 3. The lowest BCUT2D eigenvalue weighted by atomic mass is 9.73. The molecule has 1 aromatic carbocycles. The van der Waals surface area contributed by atoms with Crippen molar-refractivity contribution in [1.82, 2.24) is 5.32 Å². The molecule has 0 aromatic heterocycles. The Hall–Kier alpha value is -1.38. The molecule has 29 heavy (non-hydrogen) atoms. The van der Waals surface area contributed by atoms with Crippen molar-refractivity contribution in [1.29, 1.82) is 0 Å². The number of benzene rings is 1. The molecule has 1 aromatic rings. The highest BCUT2D eigenvalue weighted by Gasteiger charge is 2.44. The average molecular weight is 475 g/mol. The maximum absolute atomic E-state index is 14.7. The Morgan fingerprint density at radius 1 is 1.21 bits per heavy atom. The first-order valence-electron chi connectivity index (χ1n) is 9.83. The molecule has 1 aliphatic carbocycles. The summed E-state index contributed by atoms with van der Waals surface area (Å²) < 4.78 is 59.0. The van der Waals surface area contributed by atoms with Crippen LogP contribution in [0.25, 0.3) is 0 Å². The van der Waals surface area contributed by atoms with E-state index < -0.39 is 12.7 Å². The summed E-state index contributed by atoms with van der Waals surface area (Å²) in [7, 11) is 0. The largest absolute Gasteiger partial charge is 0.401 e. The van der Waals surface area contributed by atoms with E-state index in [1.807, 2.05) is 18.2 Å². The number of ether oxygens (including phenoxy) is 1. The van der Waals surface area contributed by atoms with Crippen molar-refractivity contribution in [3.8, 4) is 0 Å². The molecule has 8 heteroatoms.